The number of hydrogen-bond acceptors (Lipinski definition) is 6. The van der Waals surface area contributed by atoms with Crippen LogP contribution in [0.3, 0.4) is 0 Å². The van der Waals surface area contributed by atoms with Crippen LogP contribution in [0.2, 0.25) is 0 Å². The third-order valence-corrected chi connectivity index (χ3v) is 5.05. The van der Waals surface area contributed by atoms with Gasteiger partial charge >= 0.3 is 5.97 Å². The molecule has 1 heterocycles. The molecular weight excluding hydrogens is 424 g/mol. The summed E-state index contributed by atoms with van der Waals surface area (Å²) in [5, 5.41) is 3.38. The highest BCUT2D eigenvalue weighted by molar-refractivity contribution is 9.10. The number of esters is 1. The van der Waals surface area contributed by atoms with E-state index in [0.717, 1.165) is 40.2 Å². The second kappa shape index (κ2) is 9.80. The van der Waals surface area contributed by atoms with Crippen molar-refractivity contribution in [2.75, 3.05) is 50.2 Å². The van der Waals surface area contributed by atoms with Crippen molar-refractivity contribution in [3.63, 3.8) is 0 Å². The van der Waals surface area contributed by atoms with Crippen LogP contribution in [-0.2, 0) is 16.0 Å². The van der Waals surface area contributed by atoms with E-state index in [1.807, 2.05) is 43.3 Å². The van der Waals surface area contributed by atoms with Gasteiger partial charge in [-0.3, -0.25) is 0 Å². The van der Waals surface area contributed by atoms with Crippen LogP contribution in [0.15, 0.2) is 40.9 Å². The van der Waals surface area contributed by atoms with Crippen LogP contribution in [0.25, 0.3) is 0 Å². The number of methoxy groups -OCH3 is 1. The number of ether oxygens (including phenoxy) is 3. The molecule has 0 spiro atoms. The van der Waals surface area contributed by atoms with Crippen molar-refractivity contribution in [1.29, 1.82) is 0 Å². The zero-order valence-corrected chi connectivity index (χ0v) is 17.8. The normalized spacial score (nSPS) is 13.9. The van der Waals surface area contributed by atoms with Crippen molar-refractivity contribution in [2.24, 2.45) is 0 Å². The summed E-state index contributed by atoms with van der Waals surface area (Å²) in [6.45, 7) is 5.97. The summed E-state index contributed by atoms with van der Waals surface area (Å²) in [6, 6.07) is 11.7. The maximum absolute atomic E-state index is 12.4. The Kier molecular flexibility index (Phi) is 7.17. The fourth-order valence-electron chi connectivity index (χ4n) is 3.18. The molecule has 6 nitrogen and oxygen atoms in total. The molecule has 1 fully saturated rings. The van der Waals surface area contributed by atoms with E-state index >= 15 is 0 Å². The molecule has 0 bridgehead atoms. The van der Waals surface area contributed by atoms with Gasteiger partial charge in [0.25, 0.3) is 0 Å². The van der Waals surface area contributed by atoms with E-state index in [0.29, 0.717) is 31.9 Å². The summed E-state index contributed by atoms with van der Waals surface area (Å²) < 4.78 is 17.1. The molecule has 0 radical (unpaired) electrons. The number of halogens is 1. The average molecular weight is 449 g/mol. The van der Waals surface area contributed by atoms with Crippen molar-refractivity contribution in [3.05, 3.63) is 52.0 Å². The largest absolute Gasteiger partial charge is 0.494 e. The predicted octanol–water partition coefficient (Wildman–Crippen LogP) is 4.08. The summed E-state index contributed by atoms with van der Waals surface area (Å²) in [6.07, 6.45) is 0. The number of carbonyl (C=O) groups excluding carboxylic acids is 1. The van der Waals surface area contributed by atoms with Gasteiger partial charge in [0.15, 0.2) is 0 Å². The highest BCUT2D eigenvalue weighted by Gasteiger charge is 2.20. The Morgan fingerprint density at radius 1 is 1.21 bits per heavy atom. The van der Waals surface area contributed by atoms with Crippen molar-refractivity contribution < 1.29 is 19.0 Å². The first-order valence-electron chi connectivity index (χ1n) is 9.32. The Balaban J connectivity index is 1.81. The van der Waals surface area contributed by atoms with Gasteiger partial charge < -0.3 is 24.4 Å². The molecule has 150 valence electrons. The minimum absolute atomic E-state index is 0.345. The number of hydrogen-bond donors (Lipinski definition) is 1. The number of benzene rings is 2. The summed E-state index contributed by atoms with van der Waals surface area (Å²) in [7, 11) is 1.40. The van der Waals surface area contributed by atoms with E-state index < -0.39 is 0 Å². The van der Waals surface area contributed by atoms with Crippen molar-refractivity contribution in [2.45, 2.75) is 13.5 Å². The van der Waals surface area contributed by atoms with Gasteiger partial charge in [-0.25, -0.2) is 4.79 Å². The molecule has 28 heavy (non-hydrogen) atoms. The van der Waals surface area contributed by atoms with E-state index in [2.05, 4.69) is 26.1 Å². The zero-order chi connectivity index (χ0) is 19.9. The predicted molar refractivity (Wildman–Crippen MR) is 113 cm³/mol. The fourth-order valence-corrected chi connectivity index (χ4v) is 3.59. The maximum Gasteiger partial charge on any atom is 0.340 e. The molecular formula is C21H25BrN2O4. The number of carbonyl (C=O) groups is 1. The summed E-state index contributed by atoms with van der Waals surface area (Å²) >= 11 is 3.51. The smallest absolute Gasteiger partial charge is 0.340 e. The molecule has 1 aliphatic rings. The Bertz CT molecular complexity index is 822. The summed E-state index contributed by atoms with van der Waals surface area (Å²) in [5.74, 6) is 0.499. The molecule has 1 N–H and O–H groups in total. The van der Waals surface area contributed by atoms with E-state index in [4.69, 9.17) is 14.2 Å². The lowest BCUT2D eigenvalue weighted by Crippen LogP contribution is -2.37. The van der Waals surface area contributed by atoms with Gasteiger partial charge in [-0.05, 0) is 43.3 Å². The molecule has 3 rings (SSSR count). The minimum Gasteiger partial charge on any atom is -0.494 e. The van der Waals surface area contributed by atoms with Gasteiger partial charge in [0, 0.05) is 35.4 Å². The van der Waals surface area contributed by atoms with Gasteiger partial charge in [-0.2, -0.15) is 0 Å². The van der Waals surface area contributed by atoms with Crippen molar-refractivity contribution >= 4 is 33.3 Å². The second-order valence-corrected chi connectivity index (χ2v) is 7.28. The first-order valence-corrected chi connectivity index (χ1v) is 10.1. The third-order valence-electron chi connectivity index (χ3n) is 4.56. The lowest BCUT2D eigenvalue weighted by Gasteiger charge is -2.30. The molecule has 2 aromatic rings. The van der Waals surface area contributed by atoms with Crippen molar-refractivity contribution in [1.82, 2.24) is 0 Å². The molecule has 1 aliphatic heterocycles. The lowest BCUT2D eigenvalue weighted by atomic mass is 10.1. The molecule has 0 unspecified atom stereocenters. The Morgan fingerprint density at radius 2 is 2.00 bits per heavy atom. The van der Waals surface area contributed by atoms with Gasteiger partial charge in [0.2, 0.25) is 0 Å². The van der Waals surface area contributed by atoms with Crippen LogP contribution < -0.4 is 15.0 Å². The molecule has 0 atom stereocenters. The van der Waals surface area contributed by atoms with Crippen LogP contribution in [0.4, 0.5) is 11.4 Å². The molecule has 2 aromatic carbocycles. The number of nitrogens with one attached hydrogen (secondary N) is 1. The highest BCUT2D eigenvalue weighted by Crippen LogP contribution is 2.28. The van der Waals surface area contributed by atoms with Crippen LogP contribution in [0.5, 0.6) is 5.75 Å². The van der Waals surface area contributed by atoms with Crippen molar-refractivity contribution in [3.8, 4) is 5.75 Å². The van der Waals surface area contributed by atoms with E-state index in [9.17, 15) is 4.79 Å². The van der Waals surface area contributed by atoms with Crippen LogP contribution in [-0.4, -0.2) is 46.0 Å². The van der Waals surface area contributed by atoms with Crippen LogP contribution in [0.1, 0.15) is 22.8 Å². The standard InChI is InChI=1S/C21H25BrN2O4/c1-3-28-20-7-4-16(22)12-15(20)14-23-17-5-6-19(18(13-17)21(25)26-2)24-8-10-27-11-9-24/h4-7,12-13,23H,3,8-11,14H2,1-2H3. The third kappa shape index (κ3) is 4.97. The zero-order valence-electron chi connectivity index (χ0n) is 16.2. The second-order valence-electron chi connectivity index (χ2n) is 6.36. The Morgan fingerprint density at radius 3 is 2.71 bits per heavy atom. The fraction of sp³-hybridized carbons (Fsp3) is 0.381. The number of rotatable bonds is 7. The van der Waals surface area contributed by atoms with Crippen LogP contribution in [0, 0.1) is 0 Å². The van der Waals surface area contributed by atoms with E-state index in [-0.39, 0.29) is 5.97 Å². The van der Waals surface area contributed by atoms with Gasteiger partial charge in [0.1, 0.15) is 5.75 Å². The topological polar surface area (TPSA) is 60.0 Å². The molecule has 7 heteroatoms. The molecule has 0 amide bonds. The minimum atomic E-state index is -0.345. The summed E-state index contributed by atoms with van der Waals surface area (Å²) in [4.78, 5) is 14.5. The lowest BCUT2D eigenvalue weighted by molar-refractivity contribution is 0.0600. The van der Waals surface area contributed by atoms with E-state index in [1.165, 1.54) is 7.11 Å². The van der Waals surface area contributed by atoms with Crippen LogP contribution >= 0.6 is 15.9 Å². The molecule has 1 saturated heterocycles. The van der Waals surface area contributed by atoms with Gasteiger partial charge in [-0.1, -0.05) is 15.9 Å². The summed E-state index contributed by atoms with van der Waals surface area (Å²) in [5.41, 5.74) is 3.31. The number of anilines is 2. The number of morpholine rings is 1. The monoisotopic (exact) mass is 448 g/mol. The Hall–Kier alpha value is -2.25. The molecule has 0 saturated carbocycles. The maximum atomic E-state index is 12.4. The average Bonchev–Trinajstić information content (AvgIpc) is 2.74. The van der Waals surface area contributed by atoms with Gasteiger partial charge in [0.05, 0.1) is 38.2 Å². The SMILES string of the molecule is CCOc1ccc(Br)cc1CNc1ccc(N2CCOCC2)c(C(=O)OC)c1. The first kappa shape index (κ1) is 20.5. The quantitative estimate of drug-likeness (QED) is 0.643. The highest BCUT2D eigenvalue weighted by atomic mass is 79.9. The molecule has 0 aromatic heterocycles. The van der Waals surface area contributed by atoms with Gasteiger partial charge in [-0.15, -0.1) is 0 Å². The van der Waals surface area contributed by atoms with E-state index in [1.54, 1.807) is 0 Å². The number of nitrogens with zero attached hydrogens (tertiary/aromatic N) is 1. The molecule has 0 aliphatic carbocycles. The Labute approximate surface area is 173 Å². The first-order chi connectivity index (χ1) is 13.6.